The number of amides is 1. The topological polar surface area (TPSA) is 57.8 Å². The number of hydrogen-bond donors (Lipinski definition) is 2. The van der Waals surface area contributed by atoms with E-state index in [1.807, 2.05) is 49.6 Å². The van der Waals surface area contributed by atoms with E-state index in [0.717, 1.165) is 40.6 Å². The van der Waals surface area contributed by atoms with Gasteiger partial charge in [0, 0.05) is 34.9 Å². The first-order valence-electron chi connectivity index (χ1n) is 9.06. The number of carbonyl (C=O) groups excluding carboxylic acids is 1. The van der Waals surface area contributed by atoms with E-state index < -0.39 is 0 Å². The Balaban J connectivity index is 1.56. The van der Waals surface area contributed by atoms with Crippen molar-refractivity contribution in [3.8, 4) is 11.3 Å². The maximum atomic E-state index is 12.4. The average Bonchev–Trinajstić information content (AvgIpc) is 3.14. The van der Waals surface area contributed by atoms with Crippen LogP contribution in [0.3, 0.4) is 0 Å². The highest BCUT2D eigenvalue weighted by Gasteiger charge is 2.17. The molecule has 4 nitrogen and oxygen atoms in total. The van der Waals surface area contributed by atoms with Gasteiger partial charge < -0.3 is 10.3 Å². The Hall–Kier alpha value is -2.62. The van der Waals surface area contributed by atoms with Gasteiger partial charge in [-0.2, -0.15) is 0 Å². The highest BCUT2D eigenvalue weighted by atomic mass is 16.1. The predicted molar refractivity (Wildman–Crippen MR) is 101 cm³/mol. The first-order chi connectivity index (χ1) is 12.2. The van der Waals surface area contributed by atoms with Crippen LogP contribution in [-0.2, 0) is 0 Å². The summed E-state index contributed by atoms with van der Waals surface area (Å²) in [5.41, 5.74) is 4.93. The number of pyridine rings is 1. The second-order valence-electron chi connectivity index (χ2n) is 6.94. The Labute approximate surface area is 147 Å². The van der Waals surface area contributed by atoms with E-state index in [1.165, 1.54) is 19.3 Å². The number of aromatic amines is 1. The molecule has 2 aromatic heterocycles. The Bertz CT molecular complexity index is 889. The van der Waals surface area contributed by atoms with Crippen molar-refractivity contribution in [2.75, 3.05) is 0 Å². The van der Waals surface area contributed by atoms with Gasteiger partial charge >= 0.3 is 0 Å². The molecule has 4 rings (SSSR count). The number of carbonyl (C=O) groups is 1. The number of aromatic nitrogens is 2. The van der Waals surface area contributed by atoms with Gasteiger partial charge in [0.1, 0.15) is 0 Å². The number of H-pyrrole nitrogens is 1. The Kier molecular flexibility index (Phi) is 4.26. The Morgan fingerprint density at radius 1 is 1.12 bits per heavy atom. The van der Waals surface area contributed by atoms with Crippen LogP contribution in [0.4, 0.5) is 0 Å². The fourth-order valence-electron chi connectivity index (χ4n) is 3.71. The van der Waals surface area contributed by atoms with Gasteiger partial charge in [-0.15, -0.1) is 0 Å². The quantitative estimate of drug-likeness (QED) is 0.736. The van der Waals surface area contributed by atoms with E-state index >= 15 is 0 Å². The number of fused-ring (bicyclic) bond motifs is 1. The van der Waals surface area contributed by atoms with Crippen molar-refractivity contribution in [1.29, 1.82) is 0 Å². The van der Waals surface area contributed by atoms with Gasteiger partial charge in [0.25, 0.3) is 5.91 Å². The fraction of sp³-hybridized carbons (Fsp3) is 0.333. The van der Waals surface area contributed by atoms with Crippen LogP contribution in [0, 0.1) is 6.92 Å². The molecule has 1 amide bonds. The molecular formula is C21H23N3O. The standard InChI is InChI=1S/C21H23N3O/c1-14-13-23-20(18-11-12-22-19(14)18)15-7-9-16(10-8-15)21(25)24-17-5-3-2-4-6-17/h7-13,17,22H,2-6H2,1H3,(H,24,25). The van der Waals surface area contributed by atoms with Crippen LogP contribution in [-0.4, -0.2) is 21.9 Å². The molecule has 1 saturated carbocycles. The van der Waals surface area contributed by atoms with Crippen molar-refractivity contribution >= 4 is 16.8 Å². The van der Waals surface area contributed by atoms with Gasteiger partial charge in [-0.25, -0.2) is 0 Å². The molecule has 25 heavy (non-hydrogen) atoms. The summed E-state index contributed by atoms with van der Waals surface area (Å²) in [6.07, 6.45) is 9.75. The molecule has 0 bridgehead atoms. The summed E-state index contributed by atoms with van der Waals surface area (Å²) in [5.74, 6) is 0.0297. The summed E-state index contributed by atoms with van der Waals surface area (Å²) in [5, 5.41) is 4.28. The Morgan fingerprint density at radius 2 is 1.88 bits per heavy atom. The smallest absolute Gasteiger partial charge is 0.251 e. The minimum Gasteiger partial charge on any atom is -0.361 e. The van der Waals surface area contributed by atoms with E-state index in [1.54, 1.807) is 0 Å². The van der Waals surface area contributed by atoms with Crippen molar-refractivity contribution in [3.63, 3.8) is 0 Å². The van der Waals surface area contributed by atoms with Crippen molar-refractivity contribution in [2.45, 2.75) is 45.1 Å². The first-order valence-corrected chi connectivity index (χ1v) is 9.06. The lowest BCUT2D eigenvalue weighted by atomic mass is 9.95. The highest BCUT2D eigenvalue weighted by molar-refractivity contribution is 5.97. The van der Waals surface area contributed by atoms with Crippen LogP contribution in [0.2, 0.25) is 0 Å². The number of aryl methyl sites for hydroxylation is 1. The van der Waals surface area contributed by atoms with Crippen LogP contribution >= 0.6 is 0 Å². The van der Waals surface area contributed by atoms with E-state index in [0.29, 0.717) is 11.6 Å². The molecule has 2 N–H and O–H groups in total. The van der Waals surface area contributed by atoms with Crippen molar-refractivity contribution < 1.29 is 4.79 Å². The molecule has 0 saturated heterocycles. The molecule has 2 heterocycles. The molecule has 1 aliphatic rings. The highest BCUT2D eigenvalue weighted by Crippen LogP contribution is 2.28. The second-order valence-corrected chi connectivity index (χ2v) is 6.94. The van der Waals surface area contributed by atoms with Gasteiger partial charge in [-0.3, -0.25) is 9.78 Å². The molecule has 0 aliphatic heterocycles. The Morgan fingerprint density at radius 3 is 2.64 bits per heavy atom. The molecule has 128 valence electrons. The fourth-order valence-corrected chi connectivity index (χ4v) is 3.71. The summed E-state index contributed by atoms with van der Waals surface area (Å²) >= 11 is 0. The SMILES string of the molecule is Cc1cnc(-c2ccc(C(=O)NC3CCCCC3)cc2)c2cc[nH]c12. The van der Waals surface area contributed by atoms with E-state index in [4.69, 9.17) is 0 Å². The van der Waals surface area contributed by atoms with Crippen LogP contribution in [0.5, 0.6) is 0 Å². The molecule has 1 aliphatic carbocycles. The summed E-state index contributed by atoms with van der Waals surface area (Å²) in [4.78, 5) is 20.3. The monoisotopic (exact) mass is 333 g/mol. The lowest BCUT2D eigenvalue weighted by Crippen LogP contribution is -2.36. The molecule has 1 fully saturated rings. The van der Waals surface area contributed by atoms with Crippen LogP contribution < -0.4 is 5.32 Å². The number of nitrogens with zero attached hydrogens (tertiary/aromatic N) is 1. The number of rotatable bonds is 3. The molecule has 0 spiro atoms. The lowest BCUT2D eigenvalue weighted by Gasteiger charge is -2.22. The van der Waals surface area contributed by atoms with Crippen LogP contribution in [0.15, 0.2) is 42.7 Å². The minimum absolute atomic E-state index is 0.0297. The van der Waals surface area contributed by atoms with E-state index in [2.05, 4.69) is 15.3 Å². The summed E-state index contributed by atoms with van der Waals surface area (Å²) < 4.78 is 0. The van der Waals surface area contributed by atoms with Crippen molar-refractivity contribution in [2.24, 2.45) is 0 Å². The van der Waals surface area contributed by atoms with Crippen LogP contribution in [0.1, 0.15) is 48.0 Å². The van der Waals surface area contributed by atoms with E-state index in [-0.39, 0.29) is 5.91 Å². The minimum atomic E-state index is 0.0297. The van der Waals surface area contributed by atoms with Crippen LogP contribution in [0.25, 0.3) is 22.2 Å². The predicted octanol–water partition coefficient (Wildman–Crippen LogP) is 4.60. The molecule has 0 unspecified atom stereocenters. The number of nitrogens with one attached hydrogen (secondary N) is 2. The maximum Gasteiger partial charge on any atom is 0.251 e. The van der Waals surface area contributed by atoms with Crippen molar-refractivity contribution in [1.82, 2.24) is 15.3 Å². The first kappa shape index (κ1) is 15.9. The third kappa shape index (κ3) is 3.16. The largest absolute Gasteiger partial charge is 0.361 e. The van der Waals surface area contributed by atoms with E-state index in [9.17, 15) is 4.79 Å². The summed E-state index contributed by atoms with van der Waals surface area (Å²) in [7, 11) is 0. The zero-order chi connectivity index (χ0) is 17.2. The van der Waals surface area contributed by atoms with Gasteiger partial charge in [0.05, 0.1) is 11.2 Å². The molecule has 0 radical (unpaired) electrons. The second kappa shape index (κ2) is 6.71. The van der Waals surface area contributed by atoms with Gasteiger partial charge in [0.15, 0.2) is 0 Å². The zero-order valence-corrected chi connectivity index (χ0v) is 14.5. The molecular weight excluding hydrogens is 310 g/mol. The average molecular weight is 333 g/mol. The lowest BCUT2D eigenvalue weighted by molar-refractivity contribution is 0.0927. The van der Waals surface area contributed by atoms with Gasteiger partial charge in [-0.05, 0) is 43.5 Å². The molecule has 4 heteroatoms. The van der Waals surface area contributed by atoms with Gasteiger partial charge in [0.2, 0.25) is 0 Å². The third-order valence-corrected chi connectivity index (χ3v) is 5.14. The van der Waals surface area contributed by atoms with Gasteiger partial charge in [-0.1, -0.05) is 31.4 Å². The maximum absolute atomic E-state index is 12.4. The zero-order valence-electron chi connectivity index (χ0n) is 14.5. The summed E-state index contributed by atoms with van der Waals surface area (Å²) in [6.45, 7) is 2.05. The molecule has 3 aromatic rings. The van der Waals surface area contributed by atoms with Crippen molar-refractivity contribution in [3.05, 3.63) is 53.9 Å². The number of benzene rings is 1. The normalized spacial score (nSPS) is 15.4. The summed E-state index contributed by atoms with van der Waals surface area (Å²) in [6, 6.07) is 10.1. The molecule has 1 aromatic carbocycles. The number of hydrogen-bond acceptors (Lipinski definition) is 2. The molecule has 0 atom stereocenters. The third-order valence-electron chi connectivity index (χ3n) is 5.14.